The largest absolute Gasteiger partial charge is 0.393 e. The van der Waals surface area contributed by atoms with Crippen molar-refractivity contribution in [3.63, 3.8) is 0 Å². The number of anilines is 2. The number of aliphatic hydroxyl groups excluding tert-OH is 1. The zero-order chi connectivity index (χ0) is 15.4. The highest BCUT2D eigenvalue weighted by Gasteiger charge is 2.22. The molecule has 1 aliphatic heterocycles. The molecule has 1 atom stereocenters. The average Bonchev–Trinajstić information content (AvgIpc) is 2.83. The average molecular weight is 290 g/mol. The molecule has 1 saturated heterocycles. The first-order chi connectivity index (χ1) is 9.97. The fourth-order valence-electron chi connectivity index (χ4n) is 2.50. The first-order valence-corrected chi connectivity index (χ1v) is 7.36. The van der Waals surface area contributed by atoms with Gasteiger partial charge in [0.25, 0.3) is 0 Å². The van der Waals surface area contributed by atoms with Crippen LogP contribution in [-0.4, -0.2) is 29.6 Å². The molecular formula is C16H22N2O3. The van der Waals surface area contributed by atoms with Crippen LogP contribution in [0, 0.1) is 6.92 Å². The number of hydrogen-bond acceptors (Lipinski definition) is 3. The van der Waals surface area contributed by atoms with Crippen molar-refractivity contribution in [2.75, 3.05) is 16.8 Å². The lowest BCUT2D eigenvalue weighted by molar-refractivity contribution is -0.117. The van der Waals surface area contributed by atoms with E-state index >= 15 is 0 Å². The van der Waals surface area contributed by atoms with Crippen LogP contribution in [0.3, 0.4) is 0 Å². The highest BCUT2D eigenvalue weighted by Crippen LogP contribution is 2.27. The van der Waals surface area contributed by atoms with Crippen LogP contribution < -0.4 is 10.2 Å². The lowest BCUT2D eigenvalue weighted by Gasteiger charge is -2.19. The molecule has 5 nitrogen and oxygen atoms in total. The van der Waals surface area contributed by atoms with Crippen LogP contribution in [-0.2, 0) is 9.59 Å². The molecule has 1 unspecified atom stereocenters. The fourth-order valence-corrected chi connectivity index (χ4v) is 2.50. The third-order valence-corrected chi connectivity index (χ3v) is 3.63. The summed E-state index contributed by atoms with van der Waals surface area (Å²) in [5.41, 5.74) is 2.61. The molecule has 0 aromatic heterocycles. The minimum absolute atomic E-state index is 0.111. The number of aliphatic hydroxyl groups is 1. The van der Waals surface area contributed by atoms with Crippen LogP contribution in [0.2, 0.25) is 0 Å². The highest BCUT2D eigenvalue weighted by atomic mass is 16.3. The van der Waals surface area contributed by atoms with Gasteiger partial charge in [-0.1, -0.05) is 0 Å². The molecule has 1 aliphatic rings. The Bertz CT molecular complexity index is 540. The van der Waals surface area contributed by atoms with Crippen molar-refractivity contribution >= 4 is 23.2 Å². The minimum atomic E-state index is -0.471. The van der Waals surface area contributed by atoms with E-state index in [-0.39, 0.29) is 11.8 Å². The van der Waals surface area contributed by atoms with Crippen LogP contribution in [0.4, 0.5) is 11.4 Å². The SMILES string of the molecule is Cc1cc(NC(=O)CCC(C)O)ccc1N1CCCC1=O. The molecule has 21 heavy (non-hydrogen) atoms. The first kappa shape index (κ1) is 15.5. The summed E-state index contributed by atoms with van der Waals surface area (Å²) >= 11 is 0. The van der Waals surface area contributed by atoms with Crippen molar-refractivity contribution in [1.29, 1.82) is 0 Å². The maximum atomic E-state index is 11.8. The van der Waals surface area contributed by atoms with E-state index in [1.807, 2.05) is 25.1 Å². The Labute approximate surface area is 125 Å². The smallest absolute Gasteiger partial charge is 0.227 e. The number of carbonyl (C=O) groups is 2. The molecule has 2 rings (SSSR count). The van der Waals surface area contributed by atoms with Gasteiger partial charge in [0.05, 0.1) is 6.10 Å². The van der Waals surface area contributed by atoms with Gasteiger partial charge in [-0.3, -0.25) is 9.59 Å². The Morgan fingerprint density at radius 2 is 2.24 bits per heavy atom. The van der Waals surface area contributed by atoms with E-state index in [9.17, 15) is 14.7 Å². The molecule has 2 N–H and O–H groups in total. The summed E-state index contributed by atoms with van der Waals surface area (Å²) in [5.74, 6) is 0.0483. The van der Waals surface area contributed by atoms with Crippen LogP contribution in [0.15, 0.2) is 18.2 Å². The summed E-state index contributed by atoms with van der Waals surface area (Å²) in [5, 5.41) is 12.0. The molecule has 0 saturated carbocycles. The van der Waals surface area contributed by atoms with Gasteiger partial charge >= 0.3 is 0 Å². The van der Waals surface area contributed by atoms with Crippen LogP contribution in [0.5, 0.6) is 0 Å². The number of rotatable bonds is 5. The van der Waals surface area contributed by atoms with E-state index in [2.05, 4.69) is 5.32 Å². The van der Waals surface area contributed by atoms with Gasteiger partial charge in [0, 0.05) is 30.8 Å². The van der Waals surface area contributed by atoms with Gasteiger partial charge < -0.3 is 15.3 Å². The van der Waals surface area contributed by atoms with Gasteiger partial charge in [-0.05, 0) is 50.5 Å². The Balaban J connectivity index is 2.02. The third kappa shape index (κ3) is 4.04. The van der Waals surface area contributed by atoms with E-state index < -0.39 is 6.10 Å². The highest BCUT2D eigenvalue weighted by molar-refractivity contribution is 5.97. The second-order valence-corrected chi connectivity index (χ2v) is 5.59. The van der Waals surface area contributed by atoms with E-state index in [4.69, 9.17) is 0 Å². The number of nitrogens with one attached hydrogen (secondary N) is 1. The van der Waals surface area contributed by atoms with Crippen LogP contribution in [0.25, 0.3) is 0 Å². The van der Waals surface area contributed by atoms with Crippen molar-refractivity contribution in [1.82, 2.24) is 0 Å². The lowest BCUT2D eigenvalue weighted by Crippen LogP contribution is -2.24. The van der Waals surface area contributed by atoms with Crippen molar-refractivity contribution in [2.24, 2.45) is 0 Å². The van der Waals surface area contributed by atoms with Crippen molar-refractivity contribution in [3.8, 4) is 0 Å². The molecule has 0 radical (unpaired) electrons. The van der Waals surface area contributed by atoms with Crippen molar-refractivity contribution < 1.29 is 14.7 Å². The molecule has 1 aromatic carbocycles. The molecule has 0 bridgehead atoms. The number of benzene rings is 1. The lowest BCUT2D eigenvalue weighted by atomic mass is 10.1. The standard InChI is InChI=1S/C16H22N2O3/c1-11-10-13(17-15(20)8-5-12(2)19)6-7-14(11)18-9-3-4-16(18)21/h6-7,10,12,19H,3-5,8-9H2,1-2H3,(H,17,20). The zero-order valence-electron chi connectivity index (χ0n) is 12.6. The molecule has 5 heteroatoms. The monoisotopic (exact) mass is 290 g/mol. The van der Waals surface area contributed by atoms with Gasteiger partial charge in [0.15, 0.2) is 0 Å². The zero-order valence-corrected chi connectivity index (χ0v) is 12.6. The van der Waals surface area contributed by atoms with Gasteiger partial charge in [-0.25, -0.2) is 0 Å². The first-order valence-electron chi connectivity index (χ1n) is 7.36. The van der Waals surface area contributed by atoms with Gasteiger partial charge in [0.1, 0.15) is 0 Å². The summed E-state index contributed by atoms with van der Waals surface area (Å²) in [6.07, 6.45) is 1.78. The van der Waals surface area contributed by atoms with Gasteiger partial charge in [0.2, 0.25) is 11.8 Å². The minimum Gasteiger partial charge on any atom is -0.393 e. The quantitative estimate of drug-likeness (QED) is 0.873. The molecule has 114 valence electrons. The van der Waals surface area contributed by atoms with Crippen LogP contribution in [0.1, 0.15) is 38.2 Å². The maximum Gasteiger partial charge on any atom is 0.227 e. The van der Waals surface area contributed by atoms with Gasteiger partial charge in [-0.15, -0.1) is 0 Å². The second-order valence-electron chi connectivity index (χ2n) is 5.59. The Morgan fingerprint density at radius 1 is 1.48 bits per heavy atom. The Morgan fingerprint density at radius 3 is 2.81 bits per heavy atom. The summed E-state index contributed by atoms with van der Waals surface area (Å²) in [7, 11) is 0. The van der Waals surface area contributed by atoms with Crippen molar-refractivity contribution in [3.05, 3.63) is 23.8 Å². The molecule has 0 spiro atoms. The fraction of sp³-hybridized carbons (Fsp3) is 0.500. The number of nitrogens with zero attached hydrogens (tertiary/aromatic N) is 1. The summed E-state index contributed by atoms with van der Waals surface area (Å²) in [6.45, 7) is 4.37. The summed E-state index contributed by atoms with van der Waals surface area (Å²) < 4.78 is 0. The summed E-state index contributed by atoms with van der Waals surface area (Å²) in [4.78, 5) is 25.3. The van der Waals surface area contributed by atoms with Crippen LogP contribution >= 0.6 is 0 Å². The number of hydrogen-bond donors (Lipinski definition) is 2. The molecular weight excluding hydrogens is 268 g/mol. The van der Waals surface area contributed by atoms with Crippen molar-refractivity contribution in [2.45, 2.75) is 45.6 Å². The molecule has 0 aliphatic carbocycles. The predicted octanol–water partition coefficient (Wildman–Crippen LogP) is 2.22. The normalized spacial score (nSPS) is 16.1. The number of amides is 2. The number of carbonyl (C=O) groups excluding carboxylic acids is 2. The second kappa shape index (κ2) is 6.72. The molecule has 1 fully saturated rings. The number of aryl methyl sites for hydroxylation is 1. The Hall–Kier alpha value is -1.88. The van der Waals surface area contributed by atoms with E-state index in [1.54, 1.807) is 11.8 Å². The molecule has 1 heterocycles. The Kier molecular flexibility index (Phi) is 4.96. The topological polar surface area (TPSA) is 69.6 Å². The predicted molar refractivity (Wildman–Crippen MR) is 82.3 cm³/mol. The van der Waals surface area contributed by atoms with E-state index in [0.29, 0.717) is 19.3 Å². The third-order valence-electron chi connectivity index (χ3n) is 3.63. The summed E-state index contributed by atoms with van der Waals surface area (Å²) in [6, 6.07) is 5.57. The van der Waals surface area contributed by atoms with E-state index in [0.717, 1.165) is 29.9 Å². The molecule has 1 aromatic rings. The van der Waals surface area contributed by atoms with E-state index in [1.165, 1.54) is 0 Å². The maximum absolute atomic E-state index is 11.8. The molecule has 2 amide bonds. The van der Waals surface area contributed by atoms with Gasteiger partial charge in [-0.2, -0.15) is 0 Å².